The maximum Gasteiger partial charge on any atom is 0.0349 e. The maximum atomic E-state index is 5.78. The van der Waals surface area contributed by atoms with E-state index < -0.39 is 0 Å². The van der Waals surface area contributed by atoms with E-state index in [1.165, 1.54) is 11.1 Å². The molecule has 2 N–H and O–H groups in total. The van der Waals surface area contributed by atoms with Crippen molar-refractivity contribution in [2.24, 2.45) is 0 Å². The molecule has 0 aliphatic carbocycles. The summed E-state index contributed by atoms with van der Waals surface area (Å²) in [7, 11) is 0. The highest BCUT2D eigenvalue weighted by atomic mass is 14.6. The van der Waals surface area contributed by atoms with Gasteiger partial charge in [0.05, 0.1) is 0 Å². The Bertz CT molecular complexity index is 276. The second-order valence-electron chi connectivity index (χ2n) is 2.88. The lowest BCUT2D eigenvalue weighted by Gasteiger charge is -2.04. The molecule has 1 heteroatoms. The molecular weight excluding hydrogens is 146 g/mol. The van der Waals surface area contributed by atoms with E-state index in [2.05, 4.69) is 25.6 Å². The number of allylic oxidation sites excluding steroid dienone is 1. The first-order valence-electron chi connectivity index (χ1n) is 4.26. The van der Waals surface area contributed by atoms with Crippen molar-refractivity contribution in [1.29, 1.82) is 0 Å². The third-order valence-electron chi connectivity index (χ3n) is 1.98. The molecule has 12 heavy (non-hydrogen) atoms. The van der Waals surface area contributed by atoms with Gasteiger partial charge in [-0.15, -0.1) is 6.58 Å². The highest BCUT2D eigenvalue weighted by Crippen LogP contribution is 2.15. The highest BCUT2D eigenvalue weighted by Gasteiger charge is 1.97. The van der Waals surface area contributed by atoms with E-state index in [-0.39, 0.29) is 0 Å². The first-order chi connectivity index (χ1) is 5.77. The van der Waals surface area contributed by atoms with Crippen molar-refractivity contribution < 1.29 is 0 Å². The van der Waals surface area contributed by atoms with Crippen molar-refractivity contribution in [2.45, 2.75) is 19.8 Å². The van der Waals surface area contributed by atoms with Crippen molar-refractivity contribution >= 4 is 5.69 Å². The van der Waals surface area contributed by atoms with Gasteiger partial charge in [0.25, 0.3) is 0 Å². The average Bonchev–Trinajstić information content (AvgIpc) is 2.09. The third-order valence-corrected chi connectivity index (χ3v) is 1.98. The molecule has 1 aromatic rings. The zero-order valence-electron chi connectivity index (χ0n) is 7.51. The SMILES string of the molecule is C=CCc1cc(CC)ccc1N. The first-order valence-corrected chi connectivity index (χ1v) is 4.26. The van der Waals surface area contributed by atoms with Crippen molar-refractivity contribution in [2.75, 3.05) is 5.73 Å². The van der Waals surface area contributed by atoms with Gasteiger partial charge in [0.15, 0.2) is 0 Å². The minimum absolute atomic E-state index is 0.861. The van der Waals surface area contributed by atoms with Crippen LogP contribution in [-0.2, 0) is 12.8 Å². The van der Waals surface area contributed by atoms with Crippen LogP contribution in [0.4, 0.5) is 5.69 Å². The average molecular weight is 161 g/mol. The molecule has 0 fully saturated rings. The largest absolute Gasteiger partial charge is 0.398 e. The second kappa shape index (κ2) is 3.96. The number of nitrogens with two attached hydrogens (primary N) is 1. The summed E-state index contributed by atoms with van der Waals surface area (Å²) in [5.74, 6) is 0. The van der Waals surface area contributed by atoms with Crippen molar-refractivity contribution in [3.63, 3.8) is 0 Å². The van der Waals surface area contributed by atoms with Crippen LogP contribution in [0.5, 0.6) is 0 Å². The van der Waals surface area contributed by atoms with E-state index in [0.29, 0.717) is 0 Å². The molecule has 0 heterocycles. The number of benzene rings is 1. The van der Waals surface area contributed by atoms with Crippen LogP contribution in [0.2, 0.25) is 0 Å². The Morgan fingerprint density at radius 2 is 2.25 bits per heavy atom. The van der Waals surface area contributed by atoms with E-state index in [9.17, 15) is 0 Å². The number of anilines is 1. The van der Waals surface area contributed by atoms with Gasteiger partial charge in [-0.25, -0.2) is 0 Å². The Labute approximate surface area is 73.9 Å². The van der Waals surface area contributed by atoms with Crippen LogP contribution >= 0.6 is 0 Å². The fourth-order valence-corrected chi connectivity index (χ4v) is 1.21. The number of aryl methyl sites for hydroxylation is 1. The lowest BCUT2D eigenvalue weighted by atomic mass is 10.0. The maximum absolute atomic E-state index is 5.78. The molecule has 0 aliphatic heterocycles. The lowest BCUT2D eigenvalue weighted by molar-refractivity contribution is 1.12. The van der Waals surface area contributed by atoms with Crippen LogP contribution in [0.3, 0.4) is 0 Å². The summed E-state index contributed by atoms with van der Waals surface area (Å²) in [5.41, 5.74) is 9.17. The van der Waals surface area contributed by atoms with Crippen molar-refractivity contribution in [3.8, 4) is 0 Å². The van der Waals surface area contributed by atoms with Gasteiger partial charge in [0, 0.05) is 5.69 Å². The molecule has 0 unspecified atom stereocenters. The summed E-state index contributed by atoms with van der Waals surface area (Å²) in [6.07, 6.45) is 3.80. The number of nitrogen functional groups attached to an aromatic ring is 1. The van der Waals surface area contributed by atoms with E-state index in [1.54, 1.807) is 0 Å². The molecule has 0 amide bonds. The van der Waals surface area contributed by atoms with Crippen molar-refractivity contribution in [1.82, 2.24) is 0 Å². The van der Waals surface area contributed by atoms with Gasteiger partial charge >= 0.3 is 0 Å². The Kier molecular flexibility index (Phi) is 2.92. The van der Waals surface area contributed by atoms with Crippen LogP contribution in [-0.4, -0.2) is 0 Å². The van der Waals surface area contributed by atoms with E-state index in [0.717, 1.165) is 18.5 Å². The van der Waals surface area contributed by atoms with Gasteiger partial charge in [-0.3, -0.25) is 0 Å². The molecule has 0 atom stereocenters. The molecule has 1 aromatic carbocycles. The Hall–Kier alpha value is -1.24. The summed E-state index contributed by atoms with van der Waals surface area (Å²) < 4.78 is 0. The van der Waals surface area contributed by atoms with Crippen LogP contribution in [0.25, 0.3) is 0 Å². The smallest absolute Gasteiger partial charge is 0.0349 e. The fraction of sp³-hybridized carbons (Fsp3) is 0.273. The number of rotatable bonds is 3. The lowest BCUT2D eigenvalue weighted by Crippen LogP contribution is -1.94. The topological polar surface area (TPSA) is 26.0 Å². The van der Waals surface area contributed by atoms with Crippen LogP contribution in [0, 0.1) is 0 Å². The summed E-state index contributed by atoms with van der Waals surface area (Å²) in [6, 6.07) is 6.19. The van der Waals surface area contributed by atoms with Crippen LogP contribution < -0.4 is 5.73 Å². The second-order valence-corrected chi connectivity index (χ2v) is 2.88. The van der Waals surface area contributed by atoms with E-state index >= 15 is 0 Å². The molecule has 0 saturated heterocycles. The molecule has 1 rings (SSSR count). The zero-order chi connectivity index (χ0) is 8.97. The van der Waals surface area contributed by atoms with Gasteiger partial charge in [0.1, 0.15) is 0 Å². The number of hydrogen-bond acceptors (Lipinski definition) is 1. The summed E-state index contributed by atoms with van der Waals surface area (Å²) in [4.78, 5) is 0. The van der Waals surface area contributed by atoms with Crippen LogP contribution in [0.1, 0.15) is 18.1 Å². The molecule has 64 valence electrons. The highest BCUT2D eigenvalue weighted by molar-refractivity contribution is 5.49. The molecule has 0 saturated carbocycles. The van der Waals surface area contributed by atoms with E-state index in [4.69, 9.17) is 5.73 Å². The predicted molar refractivity (Wildman–Crippen MR) is 54.1 cm³/mol. The van der Waals surface area contributed by atoms with E-state index in [1.807, 2.05) is 12.1 Å². The minimum Gasteiger partial charge on any atom is -0.398 e. The molecular formula is C11H15N. The molecule has 1 nitrogen and oxygen atoms in total. The standard InChI is InChI=1S/C11H15N/c1-3-5-10-8-9(4-2)6-7-11(10)12/h3,6-8H,1,4-5,12H2,2H3. The summed E-state index contributed by atoms with van der Waals surface area (Å²) in [5, 5.41) is 0. The monoisotopic (exact) mass is 161 g/mol. The fourth-order valence-electron chi connectivity index (χ4n) is 1.21. The third kappa shape index (κ3) is 1.88. The van der Waals surface area contributed by atoms with Crippen LogP contribution in [0.15, 0.2) is 30.9 Å². The Morgan fingerprint density at radius 1 is 1.50 bits per heavy atom. The predicted octanol–water partition coefficient (Wildman–Crippen LogP) is 2.56. The summed E-state index contributed by atoms with van der Waals surface area (Å²) in [6.45, 7) is 5.84. The van der Waals surface area contributed by atoms with Gasteiger partial charge in [-0.05, 0) is 30.0 Å². The molecule has 0 spiro atoms. The summed E-state index contributed by atoms with van der Waals surface area (Å²) >= 11 is 0. The van der Waals surface area contributed by atoms with Gasteiger partial charge in [-0.1, -0.05) is 25.1 Å². The Balaban J connectivity index is 2.99. The normalized spacial score (nSPS) is 9.75. The first kappa shape index (κ1) is 8.85. The van der Waals surface area contributed by atoms with Gasteiger partial charge < -0.3 is 5.73 Å². The molecule has 0 radical (unpaired) electrons. The Morgan fingerprint density at radius 3 is 2.83 bits per heavy atom. The number of hydrogen-bond donors (Lipinski definition) is 1. The molecule has 0 aromatic heterocycles. The van der Waals surface area contributed by atoms with Gasteiger partial charge in [0.2, 0.25) is 0 Å². The van der Waals surface area contributed by atoms with Crippen molar-refractivity contribution in [3.05, 3.63) is 42.0 Å². The van der Waals surface area contributed by atoms with Gasteiger partial charge in [-0.2, -0.15) is 0 Å². The zero-order valence-corrected chi connectivity index (χ0v) is 7.51. The minimum atomic E-state index is 0.861. The molecule has 0 aliphatic rings. The molecule has 0 bridgehead atoms. The quantitative estimate of drug-likeness (QED) is 0.535.